The molecular weight excluding hydrogens is 296 g/mol. The highest BCUT2D eigenvalue weighted by Gasteiger charge is 2.26. The van der Waals surface area contributed by atoms with Crippen LogP contribution in [0, 0.1) is 5.41 Å². The summed E-state index contributed by atoms with van der Waals surface area (Å²) in [7, 11) is 0. The van der Waals surface area contributed by atoms with E-state index in [4.69, 9.17) is 4.74 Å². The lowest BCUT2D eigenvalue weighted by Crippen LogP contribution is -2.19. The maximum Gasteiger partial charge on any atom is 0.330 e. The lowest BCUT2D eigenvalue weighted by molar-refractivity contribution is -0.137. The van der Waals surface area contributed by atoms with Gasteiger partial charge in [-0.15, -0.1) is 0 Å². The Morgan fingerprint density at radius 2 is 1.92 bits per heavy atom. The molecular formula is C22H32O2. The molecule has 0 amide bonds. The van der Waals surface area contributed by atoms with Crippen molar-refractivity contribution in [2.45, 2.75) is 60.8 Å². The molecule has 0 heterocycles. The van der Waals surface area contributed by atoms with E-state index in [0.717, 1.165) is 5.57 Å². The number of carbonyl (C=O) groups excluding carboxylic acids is 1. The van der Waals surface area contributed by atoms with Crippen LogP contribution in [0.3, 0.4) is 0 Å². The van der Waals surface area contributed by atoms with Gasteiger partial charge in [-0.1, -0.05) is 55.4 Å². The Morgan fingerprint density at radius 3 is 2.54 bits per heavy atom. The van der Waals surface area contributed by atoms with E-state index in [1.54, 1.807) is 6.92 Å². The molecule has 0 aromatic heterocycles. The minimum Gasteiger partial charge on any atom is -0.463 e. The Kier molecular flexibility index (Phi) is 7.97. The second-order valence-electron chi connectivity index (χ2n) is 7.17. The molecule has 24 heavy (non-hydrogen) atoms. The van der Waals surface area contributed by atoms with Crippen LogP contribution in [0.4, 0.5) is 0 Å². The summed E-state index contributed by atoms with van der Waals surface area (Å²) >= 11 is 0. The third kappa shape index (κ3) is 6.74. The van der Waals surface area contributed by atoms with Crippen LogP contribution in [-0.2, 0) is 9.53 Å². The van der Waals surface area contributed by atoms with Crippen LogP contribution in [0.5, 0.6) is 0 Å². The summed E-state index contributed by atoms with van der Waals surface area (Å²) in [6, 6.07) is 0. The first-order valence-corrected chi connectivity index (χ1v) is 8.84. The number of hydrogen-bond donors (Lipinski definition) is 0. The molecule has 0 radical (unpaired) electrons. The highest BCUT2D eigenvalue weighted by Crippen LogP contribution is 2.40. The van der Waals surface area contributed by atoms with E-state index >= 15 is 0 Å². The fraction of sp³-hybridized carbons (Fsp3) is 0.500. The van der Waals surface area contributed by atoms with Crippen molar-refractivity contribution in [1.29, 1.82) is 0 Å². The number of esters is 1. The van der Waals surface area contributed by atoms with E-state index in [1.165, 1.54) is 42.1 Å². The lowest BCUT2D eigenvalue weighted by atomic mass is 9.72. The van der Waals surface area contributed by atoms with Crippen molar-refractivity contribution in [3.63, 3.8) is 0 Å². The zero-order valence-electron chi connectivity index (χ0n) is 16.1. The van der Waals surface area contributed by atoms with E-state index in [9.17, 15) is 4.79 Å². The Labute approximate surface area is 147 Å². The number of rotatable bonds is 6. The molecule has 0 fully saturated rings. The van der Waals surface area contributed by atoms with E-state index in [2.05, 4.69) is 45.9 Å². The van der Waals surface area contributed by atoms with Crippen molar-refractivity contribution >= 4 is 5.97 Å². The Bertz CT molecular complexity index is 595. The van der Waals surface area contributed by atoms with E-state index in [-0.39, 0.29) is 11.4 Å². The summed E-state index contributed by atoms with van der Waals surface area (Å²) in [6.07, 6.45) is 15.7. The number of carbonyl (C=O) groups is 1. The minimum absolute atomic E-state index is 0.272. The zero-order valence-corrected chi connectivity index (χ0v) is 16.1. The number of allylic oxidation sites excluding steroid dienone is 9. The van der Waals surface area contributed by atoms with Gasteiger partial charge in [-0.25, -0.2) is 4.79 Å². The van der Waals surface area contributed by atoms with Gasteiger partial charge in [0.15, 0.2) is 0 Å². The van der Waals surface area contributed by atoms with Gasteiger partial charge in [0.1, 0.15) is 0 Å². The standard InChI is InChI=1S/C22H32O2/c1-7-24-21(23)16-18(3)11-8-10-17(2)13-14-20-19(4)12-9-15-22(20,5)6/h8,10-11,13-14,16H,7,9,12,15H2,1-6H3. The van der Waals surface area contributed by atoms with E-state index in [1.807, 2.05) is 19.1 Å². The minimum atomic E-state index is -0.290. The van der Waals surface area contributed by atoms with Crippen molar-refractivity contribution in [3.8, 4) is 0 Å². The lowest BCUT2D eigenvalue weighted by Gasteiger charge is -2.32. The second kappa shape index (κ2) is 9.46. The van der Waals surface area contributed by atoms with Crippen LogP contribution in [0.25, 0.3) is 0 Å². The molecule has 2 heteroatoms. The van der Waals surface area contributed by atoms with Gasteiger partial charge in [-0.05, 0) is 63.5 Å². The molecule has 0 saturated heterocycles. The Balaban J connectivity index is 2.73. The van der Waals surface area contributed by atoms with Crippen molar-refractivity contribution in [2.24, 2.45) is 5.41 Å². The molecule has 0 N–H and O–H groups in total. The number of hydrogen-bond acceptors (Lipinski definition) is 2. The van der Waals surface area contributed by atoms with Gasteiger partial charge < -0.3 is 4.74 Å². The third-order valence-electron chi connectivity index (χ3n) is 4.41. The van der Waals surface area contributed by atoms with Gasteiger partial charge in [0.05, 0.1) is 6.61 Å². The fourth-order valence-electron chi connectivity index (χ4n) is 3.05. The van der Waals surface area contributed by atoms with Gasteiger partial charge in [0, 0.05) is 6.08 Å². The summed E-state index contributed by atoms with van der Waals surface area (Å²) in [5, 5.41) is 0. The molecule has 0 bridgehead atoms. The molecule has 1 rings (SSSR count). The van der Waals surface area contributed by atoms with Crippen molar-refractivity contribution in [2.75, 3.05) is 6.61 Å². The van der Waals surface area contributed by atoms with Crippen molar-refractivity contribution < 1.29 is 9.53 Å². The van der Waals surface area contributed by atoms with Crippen LogP contribution in [0.2, 0.25) is 0 Å². The molecule has 132 valence electrons. The SMILES string of the molecule is CCOC(=O)C=C(C)C=CC=C(C)C=CC1=C(C)CCCC1(C)C. The summed E-state index contributed by atoms with van der Waals surface area (Å²) in [6.45, 7) is 13.1. The largest absolute Gasteiger partial charge is 0.463 e. The second-order valence-corrected chi connectivity index (χ2v) is 7.17. The number of ether oxygens (including phenoxy) is 1. The first kappa shape index (κ1) is 20.2. The summed E-state index contributed by atoms with van der Waals surface area (Å²) in [4.78, 5) is 11.4. The monoisotopic (exact) mass is 328 g/mol. The predicted octanol–water partition coefficient (Wildman–Crippen LogP) is 6.08. The molecule has 0 unspecified atom stereocenters. The quantitative estimate of drug-likeness (QED) is 0.335. The van der Waals surface area contributed by atoms with Crippen molar-refractivity contribution in [3.05, 3.63) is 58.7 Å². The molecule has 1 aliphatic rings. The molecule has 0 aliphatic heterocycles. The van der Waals surface area contributed by atoms with Crippen LogP contribution in [0.15, 0.2) is 58.7 Å². The van der Waals surface area contributed by atoms with Gasteiger partial charge in [0.2, 0.25) is 0 Å². The molecule has 0 spiro atoms. The third-order valence-corrected chi connectivity index (χ3v) is 4.41. The Morgan fingerprint density at radius 1 is 1.21 bits per heavy atom. The normalized spacial score (nSPS) is 19.4. The van der Waals surface area contributed by atoms with Gasteiger partial charge in [-0.2, -0.15) is 0 Å². The van der Waals surface area contributed by atoms with E-state index in [0.29, 0.717) is 6.61 Å². The zero-order chi connectivity index (χ0) is 18.2. The average Bonchev–Trinajstić information content (AvgIpc) is 2.46. The maximum atomic E-state index is 11.4. The maximum absolute atomic E-state index is 11.4. The fourth-order valence-corrected chi connectivity index (χ4v) is 3.05. The molecule has 2 nitrogen and oxygen atoms in total. The van der Waals surface area contributed by atoms with Crippen LogP contribution in [0.1, 0.15) is 60.8 Å². The van der Waals surface area contributed by atoms with Crippen LogP contribution >= 0.6 is 0 Å². The van der Waals surface area contributed by atoms with Gasteiger partial charge >= 0.3 is 5.97 Å². The first-order chi connectivity index (χ1) is 11.3. The smallest absolute Gasteiger partial charge is 0.330 e. The predicted molar refractivity (Wildman–Crippen MR) is 103 cm³/mol. The highest BCUT2D eigenvalue weighted by atomic mass is 16.5. The molecule has 0 atom stereocenters. The highest BCUT2D eigenvalue weighted by molar-refractivity contribution is 5.83. The van der Waals surface area contributed by atoms with Crippen LogP contribution < -0.4 is 0 Å². The van der Waals surface area contributed by atoms with Gasteiger partial charge in [-0.3, -0.25) is 0 Å². The molecule has 0 aromatic rings. The molecule has 0 saturated carbocycles. The first-order valence-electron chi connectivity index (χ1n) is 8.84. The summed E-state index contributed by atoms with van der Waals surface area (Å²) in [5.74, 6) is -0.290. The summed E-state index contributed by atoms with van der Waals surface area (Å²) < 4.78 is 4.89. The van der Waals surface area contributed by atoms with Gasteiger partial charge in [0.25, 0.3) is 0 Å². The van der Waals surface area contributed by atoms with Crippen LogP contribution in [-0.4, -0.2) is 12.6 Å². The Hall–Kier alpha value is -1.83. The molecule has 0 aromatic carbocycles. The molecule has 1 aliphatic carbocycles. The van der Waals surface area contributed by atoms with Crippen molar-refractivity contribution in [1.82, 2.24) is 0 Å². The topological polar surface area (TPSA) is 26.3 Å². The average molecular weight is 328 g/mol. The van der Waals surface area contributed by atoms with E-state index < -0.39 is 0 Å². The summed E-state index contributed by atoms with van der Waals surface area (Å²) in [5.41, 5.74) is 5.33.